The summed E-state index contributed by atoms with van der Waals surface area (Å²) < 4.78 is 0. The Morgan fingerprint density at radius 2 is 2.14 bits per heavy atom. The molecule has 82 valence electrons. The summed E-state index contributed by atoms with van der Waals surface area (Å²) in [5.74, 6) is 0.985. The summed E-state index contributed by atoms with van der Waals surface area (Å²) in [5, 5.41) is 3.34. The highest BCUT2D eigenvalue weighted by atomic mass is 16.2. The van der Waals surface area contributed by atoms with Crippen molar-refractivity contribution in [2.24, 2.45) is 5.92 Å². The molecule has 14 heavy (non-hydrogen) atoms. The van der Waals surface area contributed by atoms with Gasteiger partial charge in [0, 0.05) is 20.1 Å². The standard InChI is InChI=1S/C11H22N2O/c1-9-5-4-6-10(7-9)12-8-11(14)13(2)3/h9-10,12H,4-8H2,1-3H3/t9-,10-/m1/s1. The first-order chi connectivity index (χ1) is 6.59. The zero-order valence-electron chi connectivity index (χ0n) is 9.55. The fourth-order valence-electron chi connectivity index (χ4n) is 2.01. The quantitative estimate of drug-likeness (QED) is 0.740. The van der Waals surface area contributed by atoms with Crippen LogP contribution in [0.3, 0.4) is 0 Å². The Morgan fingerprint density at radius 1 is 1.43 bits per heavy atom. The minimum absolute atomic E-state index is 0.170. The molecule has 1 rings (SSSR count). The van der Waals surface area contributed by atoms with Crippen molar-refractivity contribution in [3.05, 3.63) is 0 Å². The molecule has 0 bridgehead atoms. The highest BCUT2D eigenvalue weighted by Gasteiger charge is 2.18. The van der Waals surface area contributed by atoms with E-state index in [4.69, 9.17) is 0 Å². The molecule has 0 radical (unpaired) electrons. The molecule has 0 aliphatic heterocycles. The van der Waals surface area contributed by atoms with Gasteiger partial charge in [-0.25, -0.2) is 0 Å². The number of rotatable bonds is 3. The zero-order valence-corrected chi connectivity index (χ0v) is 9.55. The monoisotopic (exact) mass is 198 g/mol. The molecule has 3 heteroatoms. The molecular weight excluding hydrogens is 176 g/mol. The zero-order chi connectivity index (χ0) is 10.6. The molecule has 2 atom stereocenters. The summed E-state index contributed by atoms with van der Waals surface area (Å²) in [6.07, 6.45) is 5.10. The van der Waals surface area contributed by atoms with Crippen LogP contribution < -0.4 is 5.32 Å². The number of amides is 1. The number of carbonyl (C=O) groups is 1. The lowest BCUT2D eigenvalue weighted by Gasteiger charge is -2.27. The van der Waals surface area contributed by atoms with Gasteiger partial charge in [-0.3, -0.25) is 4.79 Å². The molecule has 0 spiro atoms. The van der Waals surface area contributed by atoms with Crippen LogP contribution in [0.15, 0.2) is 0 Å². The summed E-state index contributed by atoms with van der Waals surface area (Å²) in [4.78, 5) is 13.0. The summed E-state index contributed by atoms with van der Waals surface area (Å²) in [6, 6.07) is 0.558. The van der Waals surface area contributed by atoms with Gasteiger partial charge in [0.2, 0.25) is 5.91 Å². The van der Waals surface area contributed by atoms with Gasteiger partial charge in [-0.1, -0.05) is 19.8 Å². The first-order valence-corrected chi connectivity index (χ1v) is 5.53. The maximum Gasteiger partial charge on any atom is 0.236 e. The number of nitrogens with zero attached hydrogens (tertiary/aromatic N) is 1. The van der Waals surface area contributed by atoms with Crippen LogP contribution in [0, 0.1) is 5.92 Å². The van der Waals surface area contributed by atoms with E-state index in [2.05, 4.69) is 12.2 Å². The van der Waals surface area contributed by atoms with E-state index in [9.17, 15) is 4.79 Å². The smallest absolute Gasteiger partial charge is 0.236 e. The molecule has 1 fully saturated rings. The molecule has 0 aromatic heterocycles. The van der Waals surface area contributed by atoms with Crippen LogP contribution in [0.1, 0.15) is 32.6 Å². The molecule has 1 aliphatic rings. The SMILES string of the molecule is C[C@@H]1CCC[C@@H](NCC(=O)N(C)C)C1. The van der Waals surface area contributed by atoms with Gasteiger partial charge >= 0.3 is 0 Å². The summed E-state index contributed by atoms with van der Waals surface area (Å²) in [5.41, 5.74) is 0. The van der Waals surface area contributed by atoms with Gasteiger partial charge in [-0.2, -0.15) is 0 Å². The van der Waals surface area contributed by atoms with Crippen molar-refractivity contribution in [2.45, 2.75) is 38.6 Å². The molecule has 0 saturated heterocycles. The minimum Gasteiger partial charge on any atom is -0.348 e. The first kappa shape index (κ1) is 11.5. The molecule has 3 nitrogen and oxygen atoms in total. The number of hydrogen-bond donors (Lipinski definition) is 1. The van der Waals surface area contributed by atoms with Gasteiger partial charge in [-0.05, 0) is 18.8 Å². The fraction of sp³-hybridized carbons (Fsp3) is 0.909. The van der Waals surface area contributed by atoms with Crippen LogP contribution >= 0.6 is 0 Å². The third-order valence-electron chi connectivity index (χ3n) is 2.98. The maximum absolute atomic E-state index is 11.3. The Morgan fingerprint density at radius 3 is 2.71 bits per heavy atom. The Balaban J connectivity index is 2.20. The Kier molecular flexibility index (Phi) is 4.39. The largest absolute Gasteiger partial charge is 0.348 e. The normalized spacial score (nSPS) is 27.4. The lowest BCUT2D eigenvalue weighted by molar-refractivity contribution is -0.127. The molecule has 0 heterocycles. The van der Waals surface area contributed by atoms with Crippen molar-refractivity contribution in [1.29, 1.82) is 0 Å². The van der Waals surface area contributed by atoms with Crippen LogP contribution in [0.25, 0.3) is 0 Å². The van der Waals surface area contributed by atoms with Gasteiger partial charge in [-0.15, -0.1) is 0 Å². The number of nitrogens with one attached hydrogen (secondary N) is 1. The van der Waals surface area contributed by atoms with Crippen LogP contribution in [0.4, 0.5) is 0 Å². The van der Waals surface area contributed by atoms with Crippen molar-refractivity contribution in [3.63, 3.8) is 0 Å². The summed E-state index contributed by atoms with van der Waals surface area (Å²) in [6.45, 7) is 2.78. The van der Waals surface area contributed by atoms with Gasteiger partial charge in [0.05, 0.1) is 6.54 Å². The predicted molar refractivity (Wildman–Crippen MR) is 58.1 cm³/mol. The molecule has 1 N–H and O–H groups in total. The second kappa shape index (κ2) is 5.35. The van der Waals surface area contributed by atoms with Gasteiger partial charge < -0.3 is 10.2 Å². The van der Waals surface area contributed by atoms with E-state index < -0.39 is 0 Å². The summed E-state index contributed by atoms with van der Waals surface area (Å²) >= 11 is 0. The van der Waals surface area contributed by atoms with E-state index in [0.29, 0.717) is 12.6 Å². The van der Waals surface area contributed by atoms with E-state index in [1.807, 2.05) is 0 Å². The first-order valence-electron chi connectivity index (χ1n) is 5.53. The Bertz CT molecular complexity index is 192. The highest BCUT2D eigenvalue weighted by Crippen LogP contribution is 2.23. The predicted octanol–water partition coefficient (Wildman–Crippen LogP) is 1.24. The van der Waals surface area contributed by atoms with E-state index in [1.165, 1.54) is 25.7 Å². The Labute approximate surface area is 86.9 Å². The van der Waals surface area contributed by atoms with Crippen LogP contribution in [0.5, 0.6) is 0 Å². The van der Waals surface area contributed by atoms with Crippen molar-refractivity contribution in [1.82, 2.24) is 10.2 Å². The number of carbonyl (C=O) groups excluding carboxylic acids is 1. The molecule has 0 aromatic carbocycles. The molecule has 1 aliphatic carbocycles. The fourth-order valence-corrected chi connectivity index (χ4v) is 2.01. The maximum atomic E-state index is 11.3. The lowest BCUT2D eigenvalue weighted by atomic mass is 9.87. The average molecular weight is 198 g/mol. The molecular formula is C11H22N2O. The minimum atomic E-state index is 0.170. The van der Waals surface area contributed by atoms with E-state index in [-0.39, 0.29) is 5.91 Å². The molecule has 1 saturated carbocycles. The lowest BCUT2D eigenvalue weighted by Crippen LogP contribution is -2.40. The number of likely N-dealkylation sites (N-methyl/N-ethyl adjacent to an activating group) is 1. The van der Waals surface area contributed by atoms with Crippen molar-refractivity contribution < 1.29 is 4.79 Å². The van der Waals surface area contributed by atoms with Crippen LogP contribution in [-0.2, 0) is 4.79 Å². The van der Waals surface area contributed by atoms with E-state index in [1.54, 1.807) is 19.0 Å². The van der Waals surface area contributed by atoms with Crippen LogP contribution in [0.2, 0.25) is 0 Å². The molecule has 1 amide bonds. The van der Waals surface area contributed by atoms with Crippen molar-refractivity contribution in [3.8, 4) is 0 Å². The van der Waals surface area contributed by atoms with E-state index >= 15 is 0 Å². The van der Waals surface area contributed by atoms with Gasteiger partial charge in [0.25, 0.3) is 0 Å². The highest BCUT2D eigenvalue weighted by molar-refractivity contribution is 5.77. The second-order valence-electron chi connectivity index (χ2n) is 4.64. The van der Waals surface area contributed by atoms with Crippen LogP contribution in [-0.4, -0.2) is 37.5 Å². The second-order valence-corrected chi connectivity index (χ2v) is 4.64. The number of hydrogen-bond acceptors (Lipinski definition) is 2. The van der Waals surface area contributed by atoms with E-state index in [0.717, 1.165) is 5.92 Å². The van der Waals surface area contributed by atoms with Gasteiger partial charge in [0.1, 0.15) is 0 Å². The Hall–Kier alpha value is -0.570. The third-order valence-corrected chi connectivity index (χ3v) is 2.98. The third kappa shape index (κ3) is 3.66. The molecule has 0 aromatic rings. The van der Waals surface area contributed by atoms with Gasteiger partial charge in [0.15, 0.2) is 0 Å². The van der Waals surface area contributed by atoms with Crippen molar-refractivity contribution in [2.75, 3.05) is 20.6 Å². The summed E-state index contributed by atoms with van der Waals surface area (Å²) in [7, 11) is 3.60. The van der Waals surface area contributed by atoms with Crippen molar-refractivity contribution >= 4 is 5.91 Å². The topological polar surface area (TPSA) is 32.3 Å². The molecule has 0 unspecified atom stereocenters. The average Bonchev–Trinajstić information content (AvgIpc) is 2.14.